The van der Waals surface area contributed by atoms with Crippen molar-refractivity contribution in [3.8, 4) is 10.7 Å². The first-order chi connectivity index (χ1) is 14.5. The van der Waals surface area contributed by atoms with Crippen LogP contribution >= 0.6 is 23.6 Å². The molecule has 2 aromatic rings. The summed E-state index contributed by atoms with van der Waals surface area (Å²) in [6.45, 7) is 4.75. The lowest BCUT2D eigenvalue weighted by molar-refractivity contribution is -0.123. The number of likely N-dealkylation sites (tertiary alicyclic amines) is 1. The van der Waals surface area contributed by atoms with Gasteiger partial charge in [-0.15, -0.1) is 16.4 Å². The monoisotopic (exact) mass is 445 g/mol. The van der Waals surface area contributed by atoms with Crippen LogP contribution in [0.25, 0.3) is 10.7 Å². The zero-order valence-electron chi connectivity index (χ0n) is 17.6. The van der Waals surface area contributed by atoms with Gasteiger partial charge in [0.05, 0.1) is 11.5 Å². The molecule has 2 N–H and O–H groups in total. The Morgan fingerprint density at radius 3 is 2.70 bits per heavy atom. The number of primary amides is 1. The maximum atomic E-state index is 11.5. The highest BCUT2D eigenvalue weighted by Gasteiger charge is 2.43. The van der Waals surface area contributed by atoms with Crippen molar-refractivity contribution in [3.05, 3.63) is 22.3 Å². The van der Waals surface area contributed by atoms with Crippen LogP contribution in [0.2, 0.25) is 0 Å². The summed E-state index contributed by atoms with van der Waals surface area (Å²) in [6, 6.07) is 4.61. The van der Waals surface area contributed by atoms with E-state index in [0.29, 0.717) is 18.6 Å². The zero-order valence-corrected chi connectivity index (χ0v) is 19.2. The molecule has 2 aromatic heterocycles. The van der Waals surface area contributed by atoms with Crippen molar-refractivity contribution < 1.29 is 4.79 Å². The molecule has 8 heteroatoms. The molecule has 1 amide bonds. The third-order valence-electron chi connectivity index (χ3n) is 7.76. The summed E-state index contributed by atoms with van der Waals surface area (Å²) >= 11 is 7.71. The van der Waals surface area contributed by atoms with Crippen LogP contribution in [0.15, 0.2) is 17.5 Å². The minimum Gasteiger partial charge on any atom is -0.369 e. The highest BCUT2D eigenvalue weighted by atomic mass is 32.1. The van der Waals surface area contributed by atoms with Gasteiger partial charge in [-0.1, -0.05) is 12.5 Å². The normalized spacial score (nSPS) is 28.2. The summed E-state index contributed by atoms with van der Waals surface area (Å²) in [5.41, 5.74) is 5.49. The quantitative estimate of drug-likeness (QED) is 0.673. The summed E-state index contributed by atoms with van der Waals surface area (Å²) in [5.74, 6) is 3.32. The van der Waals surface area contributed by atoms with Gasteiger partial charge < -0.3 is 5.73 Å². The Hall–Kier alpha value is -1.51. The Morgan fingerprint density at radius 1 is 1.30 bits per heavy atom. The topological polar surface area (TPSA) is 69.1 Å². The molecule has 2 bridgehead atoms. The molecule has 2 aliphatic carbocycles. The Labute approximate surface area is 187 Å². The standard InChI is InChI=1S/C22H31N5OS2/c1-14(18-12-15-4-5-17(18)11-15)27-21(19-3-2-10-30-19)24-26(22(27)29)13-25-8-6-16(7-9-25)20(23)28/h2-3,10,14-18H,4-9,11-13H2,1H3,(H2,23,28). The fourth-order valence-electron chi connectivity index (χ4n) is 6.08. The van der Waals surface area contributed by atoms with Gasteiger partial charge in [0, 0.05) is 25.0 Å². The highest BCUT2D eigenvalue weighted by Crippen LogP contribution is 2.52. The van der Waals surface area contributed by atoms with Crippen molar-refractivity contribution in [3.63, 3.8) is 0 Å². The molecular weight excluding hydrogens is 414 g/mol. The number of aromatic nitrogens is 3. The number of fused-ring (bicyclic) bond motifs is 2. The summed E-state index contributed by atoms with van der Waals surface area (Å²) in [4.78, 5) is 15.0. The van der Waals surface area contributed by atoms with Crippen LogP contribution in [0.5, 0.6) is 0 Å². The van der Waals surface area contributed by atoms with E-state index in [1.165, 1.54) is 30.6 Å². The number of hydrogen-bond donors (Lipinski definition) is 1. The molecule has 1 aliphatic heterocycles. The van der Waals surface area contributed by atoms with E-state index in [9.17, 15) is 4.79 Å². The second-order valence-corrected chi connectivity index (χ2v) is 10.8. The molecule has 3 fully saturated rings. The summed E-state index contributed by atoms with van der Waals surface area (Å²) in [5, 5.41) is 7.12. The maximum Gasteiger partial charge on any atom is 0.220 e. The molecule has 162 valence electrons. The molecule has 0 radical (unpaired) electrons. The number of thiophene rings is 1. The van der Waals surface area contributed by atoms with E-state index >= 15 is 0 Å². The Kier molecular flexibility index (Phi) is 5.58. The van der Waals surface area contributed by atoms with E-state index in [1.54, 1.807) is 11.3 Å². The number of nitrogens with two attached hydrogens (primary N) is 1. The SMILES string of the molecule is CC(C1CC2CCC1C2)n1c(-c2cccs2)nn(CN2CCC(C(N)=O)CC2)c1=S. The number of piperidine rings is 1. The number of carbonyl (C=O) groups excluding carboxylic acids is 1. The number of carbonyl (C=O) groups is 1. The number of rotatable bonds is 6. The van der Waals surface area contributed by atoms with Crippen LogP contribution < -0.4 is 5.73 Å². The number of amides is 1. The first kappa shape index (κ1) is 20.4. The Morgan fingerprint density at radius 2 is 2.10 bits per heavy atom. The molecule has 1 saturated heterocycles. The molecule has 2 saturated carbocycles. The lowest BCUT2D eigenvalue weighted by Crippen LogP contribution is -2.39. The van der Waals surface area contributed by atoms with E-state index in [0.717, 1.165) is 48.4 Å². The summed E-state index contributed by atoms with van der Waals surface area (Å²) < 4.78 is 5.16. The van der Waals surface area contributed by atoms with Crippen LogP contribution in [0.4, 0.5) is 0 Å². The Bertz CT molecular complexity index is 957. The average Bonchev–Trinajstić information content (AvgIpc) is 3.53. The molecule has 5 rings (SSSR count). The Balaban J connectivity index is 1.41. The number of hydrogen-bond acceptors (Lipinski definition) is 5. The fourth-order valence-corrected chi connectivity index (χ4v) is 7.13. The summed E-state index contributed by atoms with van der Waals surface area (Å²) in [6.07, 6.45) is 7.18. The lowest BCUT2D eigenvalue weighted by Gasteiger charge is -2.30. The van der Waals surface area contributed by atoms with Gasteiger partial charge in [-0.2, -0.15) is 0 Å². The predicted molar refractivity (Wildman–Crippen MR) is 122 cm³/mol. The smallest absolute Gasteiger partial charge is 0.220 e. The van der Waals surface area contributed by atoms with Gasteiger partial charge >= 0.3 is 0 Å². The van der Waals surface area contributed by atoms with E-state index < -0.39 is 0 Å². The van der Waals surface area contributed by atoms with E-state index in [4.69, 9.17) is 23.1 Å². The fraction of sp³-hybridized carbons (Fsp3) is 0.682. The van der Waals surface area contributed by atoms with E-state index in [2.05, 4.69) is 33.9 Å². The van der Waals surface area contributed by atoms with Gasteiger partial charge in [0.1, 0.15) is 0 Å². The molecule has 4 unspecified atom stereocenters. The average molecular weight is 446 g/mol. The minimum atomic E-state index is -0.171. The minimum absolute atomic E-state index is 0.00581. The molecule has 0 spiro atoms. The van der Waals surface area contributed by atoms with Crippen LogP contribution in [0.3, 0.4) is 0 Å². The molecule has 3 heterocycles. The first-order valence-corrected chi connectivity index (χ1v) is 12.5. The predicted octanol–water partition coefficient (Wildman–Crippen LogP) is 4.29. The summed E-state index contributed by atoms with van der Waals surface area (Å²) in [7, 11) is 0. The third-order valence-corrected chi connectivity index (χ3v) is 9.03. The van der Waals surface area contributed by atoms with Crippen molar-refractivity contribution >= 4 is 29.5 Å². The second-order valence-electron chi connectivity index (χ2n) is 9.47. The highest BCUT2D eigenvalue weighted by molar-refractivity contribution is 7.71. The molecule has 0 aromatic carbocycles. The van der Waals surface area contributed by atoms with Crippen molar-refractivity contribution in [1.82, 2.24) is 19.2 Å². The second kappa shape index (κ2) is 8.20. The third kappa shape index (κ3) is 3.67. The van der Waals surface area contributed by atoms with Crippen molar-refractivity contribution in [2.45, 2.75) is 58.2 Å². The van der Waals surface area contributed by atoms with Gasteiger partial charge in [-0.3, -0.25) is 14.3 Å². The molecule has 4 atom stereocenters. The largest absolute Gasteiger partial charge is 0.369 e. The van der Waals surface area contributed by atoms with Gasteiger partial charge in [0.25, 0.3) is 0 Å². The van der Waals surface area contributed by atoms with Gasteiger partial charge in [0.15, 0.2) is 10.6 Å². The van der Waals surface area contributed by atoms with Crippen molar-refractivity contribution in [2.75, 3.05) is 13.1 Å². The van der Waals surface area contributed by atoms with Crippen LogP contribution in [-0.2, 0) is 11.5 Å². The first-order valence-electron chi connectivity index (χ1n) is 11.3. The maximum absolute atomic E-state index is 11.5. The molecule has 3 aliphatic rings. The van der Waals surface area contributed by atoms with Crippen molar-refractivity contribution in [1.29, 1.82) is 0 Å². The van der Waals surface area contributed by atoms with E-state index in [1.807, 2.05) is 4.68 Å². The van der Waals surface area contributed by atoms with Crippen LogP contribution in [-0.4, -0.2) is 38.2 Å². The number of nitrogens with zero attached hydrogens (tertiary/aromatic N) is 4. The molecular formula is C22H31N5OS2. The molecule has 30 heavy (non-hydrogen) atoms. The molecule has 6 nitrogen and oxygen atoms in total. The lowest BCUT2D eigenvalue weighted by atomic mass is 9.84. The van der Waals surface area contributed by atoms with Crippen LogP contribution in [0, 0.1) is 28.4 Å². The van der Waals surface area contributed by atoms with Gasteiger partial charge in [-0.05, 0) is 80.4 Å². The van der Waals surface area contributed by atoms with Gasteiger partial charge in [0.2, 0.25) is 5.91 Å². The van der Waals surface area contributed by atoms with Crippen LogP contribution in [0.1, 0.15) is 51.5 Å². The van der Waals surface area contributed by atoms with Gasteiger partial charge in [-0.25, -0.2) is 4.68 Å². The zero-order chi connectivity index (χ0) is 20.8. The van der Waals surface area contributed by atoms with Crippen molar-refractivity contribution in [2.24, 2.45) is 29.4 Å². The van der Waals surface area contributed by atoms with E-state index in [-0.39, 0.29) is 11.8 Å².